The van der Waals surface area contributed by atoms with Gasteiger partial charge in [0.15, 0.2) is 0 Å². The van der Waals surface area contributed by atoms with Gasteiger partial charge in [0, 0.05) is 0 Å². The maximum Gasteiger partial charge on any atom is 0.309 e. The molecule has 18 heavy (non-hydrogen) atoms. The van der Waals surface area contributed by atoms with E-state index in [-0.39, 0.29) is 5.97 Å². The van der Waals surface area contributed by atoms with Crippen LogP contribution in [0.2, 0.25) is 0 Å². The van der Waals surface area contributed by atoms with E-state index in [1.807, 2.05) is 0 Å². The van der Waals surface area contributed by atoms with E-state index in [9.17, 15) is 4.79 Å². The van der Waals surface area contributed by atoms with Gasteiger partial charge in [-0.3, -0.25) is 4.79 Å². The lowest BCUT2D eigenvalue weighted by atomic mass is 9.79. The number of carbonyl (C=O) groups excluding carboxylic acids is 1. The average molecular weight is 246 g/mol. The predicted molar refractivity (Wildman–Crippen MR) is 72.5 cm³/mol. The molecule has 1 aliphatic rings. The fraction of sp³-hybridized carbons (Fsp3) is 0.562. The highest BCUT2D eigenvalue weighted by Gasteiger charge is 2.19. The SMILES string of the molecule is COC(=O)Cc1ccc(C2CCC(C)CC2)cc1. The van der Waals surface area contributed by atoms with Crippen LogP contribution in [0.15, 0.2) is 24.3 Å². The molecule has 0 radical (unpaired) electrons. The molecule has 0 aliphatic heterocycles. The third-order valence-corrected chi connectivity index (χ3v) is 4.04. The largest absolute Gasteiger partial charge is 0.469 e. The molecule has 0 aromatic heterocycles. The summed E-state index contributed by atoms with van der Waals surface area (Å²) >= 11 is 0. The van der Waals surface area contributed by atoms with Crippen molar-refractivity contribution in [1.82, 2.24) is 0 Å². The van der Waals surface area contributed by atoms with Gasteiger partial charge in [0.1, 0.15) is 0 Å². The molecule has 0 saturated heterocycles. The Morgan fingerprint density at radius 1 is 1.17 bits per heavy atom. The van der Waals surface area contributed by atoms with E-state index in [0.717, 1.165) is 11.5 Å². The van der Waals surface area contributed by atoms with Crippen LogP contribution in [0.4, 0.5) is 0 Å². The Kier molecular flexibility index (Phi) is 4.40. The minimum absolute atomic E-state index is 0.172. The van der Waals surface area contributed by atoms with Crippen molar-refractivity contribution < 1.29 is 9.53 Å². The highest BCUT2D eigenvalue weighted by atomic mass is 16.5. The van der Waals surface area contributed by atoms with Gasteiger partial charge in [0.05, 0.1) is 13.5 Å². The second-order valence-electron chi connectivity index (χ2n) is 5.45. The maximum atomic E-state index is 11.2. The topological polar surface area (TPSA) is 26.3 Å². The highest BCUT2D eigenvalue weighted by Crippen LogP contribution is 2.35. The molecule has 2 heteroatoms. The van der Waals surface area contributed by atoms with Gasteiger partial charge in [-0.15, -0.1) is 0 Å². The molecule has 0 atom stereocenters. The van der Waals surface area contributed by atoms with Crippen molar-refractivity contribution in [1.29, 1.82) is 0 Å². The summed E-state index contributed by atoms with van der Waals surface area (Å²) in [5.41, 5.74) is 2.46. The molecular formula is C16H22O2. The van der Waals surface area contributed by atoms with Crippen LogP contribution in [0, 0.1) is 5.92 Å². The Labute approximate surface area is 109 Å². The molecule has 0 unspecified atom stereocenters. The monoisotopic (exact) mass is 246 g/mol. The van der Waals surface area contributed by atoms with E-state index in [4.69, 9.17) is 0 Å². The molecule has 1 aliphatic carbocycles. The molecule has 1 fully saturated rings. The zero-order valence-electron chi connectivity index (χ0n) is 11.3. The first kappa shape index (κ1) is 13.1. The normalized spacial score (nSPS) is 23.7. The molecule has 0 N–H and O–H groups in total. The van der Waals surface area contributed by atoms with E-state index in [1.165, 1.54) is 38.4 Å². The van der Waals surface area contributed by atoms with Gasteiger partial charge in [0.2, 0.25) is 0 Å². The average Bonchev–Trinajstić information content (AvgIpc) is 2.40. The summed E-state index contributed by atoms with van der Waals surface area (Å²) in [4.78, 5) is 11.2. The van der Waals surface area contributed by atoms with E-state index < -0.39 is 0 Å². The summed E-state index contributed by atoms with van der Waals surface area (Å²) < 4.78 is 4.67. The molecule has 1 aromatic carbocycles. The summed E-state index contributed by atoms with van der Waals surface area (Å²) in [6, 6.07) is 8.48. The Morgan fingerprint density at radius 2 is 1.78 bits per heavy atom. The summed E-state index contributed by atoms with van der Waals surface area (Å²) in [7, 11) is 1.43. The van der Waals surface area contributed by atoms with Crippen LogP contribution in [0.1, 0.15) is 49.7 Å². The fourth-order valence-electron chi connectivity index (χ4n) is 2.74. The van der Waals surface area contributed by atoms with E-state index in [0.29, 0.717) is 12.3 Å². The third kappa shape index (κ3) is 3.34. The molecule has 0 amide bonds. The molecular weight excluding hydrogens is 224 g/mol. The quantitative estimate of drug-likeness (QED) is 0.760. The van der Waals surface area contributed by atoms with Crippen LogP contribution in [0.3, 0.4) is 0 Å². The van der Waals surface area contributed by atoms with Crippen molar-refractivity contribution >= 4 is 5.97 Å². The Balaban J connectivity index is 1.97. The van der Waals surface area contributed by atoms with Crippen molar-refractivity contribution in [2.45, 2.75) is 44.9 Å². The Bertz CT molecular complexity index is 386. The van der Waals surface area contributed by atoms with Crippen LogP contribution in [0.5, 0.6) is 0 Å². The van der Waals surface area contributed by atoms with Crippen LogP contribution < -0.4 is 0 Å². The minimum atomic E-state index is -0.172. The number of ether oxygens (including phenoxy) is 1. The van der Waals surface area contributed by atoms with E-state index >= 15 is 0 Å². The molecule has 0 spiro atoms. The van der Waals surface area contributed by atoms with Gasteiger partial charge < -0.3 is 4.74 Å². The van der Waals surface area contributed by atoms with Crippen molar-refractivity contribution in [3.63, 3.8) is 0 Å². The van der Waals surface area contributed by atoms with Gasteiger partial charge in [0.25, 0.3) is 0 Å². The molecule has 2 rings (SSSR count). The Morgan fingerprint density at radius 3 is 2.33 bits per heavy atom. The lowest BCUT2D eigenvalue weighted by Crippen LogP contribution is -2.11. The second-order valence-corrected chi connectivity index (χ2v) is 5.45. The summed E-state index contributed by atoms with van der Waals surface area (Å²) in [5, 5.41) is 0. The molecule has 1 saturated carbocycles. The third-order valence-electron chi connectivity index (χ3n) is 4.04. The first-order valence-corrected chi connectivity index (χ1v) is 6.84. The van der Waals surface area contributed by atoms with Crippen LogP contribution in [0.25, 0.3) is 0 Å². The standard InChI is InChI=1S/C16H22O2/c1-12-3-7-14(8-4-12)15-9-5-13(6-10-15)11-16(17)18-2/h5-6,9-10,12,14H,3-4,7-8,11H2,1-2H3. The van der Waals surface area contributed by atoms with Gasteiger partial charge in [-0.1, -0.05) is 44.0 Å². The number of carbonyl (C=O) groups is 1. The first-order chi connectivity index (χ1) is 8.69. The Hall–Kier alpha value is -1.31. The molecule has 1 aromatic rings. The minimum Gasteiger partial charge on any atom is -0.469 e. The number of hydrogen-bond acceptors (Lipinski definition) is 2. The molecule has 0 bridgehead atoms. The van der Waals surface area contributed by atoms with E-state index in [1.54, 1.807) is 0 Å². The van der Waals surface area contributed by atoms with Crippen LogP contribution in [-0.2, 0) is 16.0 Å². The fourth-order valence-corrected chi connectivity index (χ4v) is 2.74. The van der Waals surface area contributed by atoms with Crippen molar-refractivity contribution in [3.8, 4) is 0 Å². The molecule has 0 heterocycles. The lowest BCUT2D eigenvalue weighted by molar-refractivity contribution is -0.139. The first-order valence-electron chi connectivity index (χ1n) is 6.84. The molecule has 98 valence electrons. The molecule has 2 nitrogen and oxygen atoms in total. The zero-order valence-corrected chi connectivity index (χ0v) is 11.3. The highest BCUT2D eigenvalue weighted by molar-refractivity contribution is 5.72. The van der Waals surface area contributed by atoms with Gasteiger partial charge in [-0.05, 0) is 35.8 Å². The number of esters is 1. The number of hydrogen-bond donors (Lipinski definition) is 0. The van der Waals surface area contributed by atoms with Crippen molar-refractivity contribution in [2.24, 2.45) is 5.92 Å². The van der Waals surface area contributed by atoms with Gasteiger partial charge in [-0.2, -0.15) is 0 Å². The van der Waals surface area contributed by atoms with Crippen LogP contribution in [-0.4, -0.2) is 13.1 Å². The van der Waals surface area contributed by atoms with Gasteiger partial charge >= 0.3 is 5.97 Å². The summed E-state index contributed by atoms with van der Waals surface area (Å²) in [6.07, 6.45) is 5.66. The van der Waals surface area contributed by atoms with Crippen molar-refractivity contribution in [3.05, 3.63) is 35.4 Å². The summed E-state index contributed by atoms with van der Waals surface area (Å²) in [5.74, 6) is 1.43. The number of methoxy groups -OCH3 is 1. The maximum absolute atomic E-state index is 11.2. The van der Waals surface area contributed by atoms with Crippen LogP contribution >= 0.6 is 0 Å². The smallest absolute Gasteiger partial charge is 0.309 e. The number of rotatable bonds is 3. The van der Waals surface area contributed by atoms with E-state index in [2.05, 4.69) is 35.9 Å². The van der Waals surface area contributed by atoms with Crippen molar-refractivity contribution in [2.75, 3.05) is 7.11 Å². The predicted octanol–water partition coefficient (Wildman–Crippen LogP) is 3.70. The zero-order chi connectivity index (χ0) is 13.0. The number of benzene rings is 1. The van der Waals surface area contributed by atoms with Gasteiger partial charge in [-0.25, -0.2) is 0 Å². The lowest BCUT2D eigenvalue weighted by Gasteiger charge is -2.26. The summed E-state index contributed by atoms with van der Waals surface area (Å²) in [6.45, 7) is 2.34. The second kappa shape index (κ2) is 6.03.